The molecule has 17 heavy (non-hydrogen) atoms. The van der Waals surface area contributed by atoms with Gasteiger partial charge in [0.25, 0.3) is 5.91 Å². The van der Waals surface area contributed by atoms with Crippen molar-refractivity contribution in [2.24, 2.45) is 16.8 Å². The summed E-state index contributed by atoms with van der Waals surface area (Å²) in [7, 11) is 1.65. The highest BCUT2D eigenvalue weighted by Gasteiger charge is 2.14. The third-order valence-corrected chi connectivity index (χ3v) is 3.92. The number of nitrogens with zero attached hydrogens (tertiary/aromatic N) is 1. The molecular weight excluding hydrogens is 232 g/mol. The van der Waals surface area contributed by atoms with Gasteiger partial charge in [0.05, 0.1) is 0 Å². The summed E-state index contributed by atoms with van der Waals surface area (Å²) in [5, 5.41) is 3.54. The van der Waals surface area contributed by atoms with Crippen molar-refractivity contribution in [3.63, 3.8) is 0 Å². The molecule has 0 aliphatic rings. The summed E-state index contributed by atoms with van der Waals surface area (Å²) in [5.41, 5.74) is 0. The fourth-order valence-electron chi connectivity index (χ4n) is 1.49. The topological polar surface area (TPSA) is 41.5 Å². The van der Waals surface area contributed by atoms with Crippen molar-refractivity contribution in [2.45, 2.75) is 46.6 Å². The molecule has 0 bridgehead atoms. The maximum absolute atomic E-state index is 11.7. The Labute approximate surface area is 110 Å². The predicted octanol–water partition coefficient (Wildman–Crippen LogP) is 2.95. The quantitative estimate of drug-likeness (QED) is 0.608. The summed E-state index contributed by atoms with van der Waals surface area (Å²) in [4.78, 5) is 15.7. The highest BCUT2D eigenvalue weighted by Crippen LogP contribution is 2.17. The number of amides is 1. The molecular formula is C13H26N2OS. The van der Waals surface area contributed by atoms with Crippen molar-refractivity contribution in [3.05, 3.63) is 0 Å². The minimum atomic E-state index is -0.0512. The number of hydrogen-bond donors (Lipinski definition) is 1. The maximum atomic E-state index is 11.7. The molecule has 1 N–H and O–H groups in total. The molecule has 0 heterocycles. The third kappa shape index (κ3) is 6.71. The summed E-state index contributed by atoms with van der Waals surface area (Å²) in [6.45, 7) is 8.80. The zero-order chi connectivity index (χ0) is 13.4. The average Bonchev–Trinajstić information content (AvgIpc) is 2.27. The Kier molecular flexibility index (Phi) is 8.30. The first-order chi connectivity index (χ1) is 7.92. The van der Waals surface area contributed by atoms with Gasteiger partial charge < -0.3 is 5.32 Å². The number of nitrogens with one attached hydrogen (secondary N) is 1. The number of carbonyl (C=O) groups is 1. The van der Waals surface area contributed by atoms with E-state index in [9.17, 15) is 4.79 Å². The molecule has 0 aromatic carbocycles. The van der Waals surface area contributed by atoms with Crippen molar-refractivity contribution in [2.75, 3.05) is 13.3 Å². The van der Waals surface area contributed by atoms with Gasteiger partial charge in [0, 0.05) is 13.1 Å². The van der Waals surface area contributed by atoms with Gasteiger partial charge in [-0.25, -0.2) is 0 Å². The zero-order valence-corrected chi connectivity index (χ0v) is 12.7. The first kappa shape index (κ1) is 16.5. The molecule has 0 aromatic heterocycles. The van der Waals surface area contributed by atoms with Gasteiger partial charge in [-0.2, -0.15) is 0 Å². The van der Waals surface area contributed by atoms with Crippen LogP contribution in [0.3, 0.4) is 0 Å². The normalized spacial score (nSPS) is 15.8. The zero-order valence-electron chi connectivity index (χ0n) is 11.9. The van der Waals surface area contributed by atoms with Crippen molar-refractivity contribution in [1.29, 1.82) is 0 Å². The van der Waals surface area contributed by atoms with Gasteiger partial charge in [-0.1, -0.05) is 20.8 Å². The average molecular weight is 258 g/mol. The van der Waals surface area contributed by atoms with Crippen LogP contribution >= 0.6 is 11.8 Å². The molecule has 0 aliphatic carbocycles. The summed E-state index contributed by atoms with van der Waals surface area (Å²) in [6.07, 6.45) is 4.04. The van der Waals surface area contributed by atoms with Gasteiger partial charge in [-0.3, -0.25) is 9.79 Å². The van der Waals surface area contributed by atoms with Crippen LogP contribution in [0, 0.1) is 11.8 Å². The van der Waals surface area contributed by atoms with E-state index in [4.69, 9.17) is 0 Å². The number of rotatable bonds is 5. The number of aliphatic imine (C=N–C) groups is 1. The van der Waals surface area contributed by atoms with Crippen molar-refractivity contribution >= 4 is 22.7 Å². The van der Waals surface area contributed by atoms with E-state index in [0.717, 1.165) is 12.8 Å². The van der Waals surface area contributed by atoms with Crippen LogP contribution in [0.4, 0.5) is 0 Å². The predicted molar refractivity (Wildman–Crippen MR) is 77.7 cm³/mol. The fraction of sp³-hybridized carbons (Fsp3) is 0.846. The Morgan fingerprint density at radius 1 is 1.24 bits per heavy atom. The van der Waals surface area contributed by atoms with Gasteiger partial charge >= 0.3 is 0 Å². The van der Waals surface area contributed by atoms with Gasteiger partial charge in [-0.15, -0.1) is 11.8 Å². The molecule has 0 aromatic rings. The molecule has 0 saturated carbocycles. The molecule has 2 unspecified atom stereocenters. The molecule has 3 nitrogen and oxygen atoms in total. The van der Waals surface area contributed by atoms with E-state index in [-0.39, 0.29) is 11.9 Å². The summed E-state index contributed by atoms with van der Waals surface area (Å²) >= 11 is 1.39. The van der Waals surface area contributed by atoms with Crippen molar-refractivity contribution < 1.29 is 4.79 Å². The molecule has 0 rings (SSSR count). The first-order valence-electron chi connectivity index (χ1n) is 6.24. The van der Waals surface area contributed by atoms with Crippen LogP contribution in [0.2, 0.25) is 0 Å². The van der Waals surface area contributed by atoms with E-state index in [0.29, 0.717) is 16.9 Å². The van der Waals surface area contributed by atoms with Crippen molar-refractivity contribution in [1.82, 2.24) is 5.32 Å². The maximum Gasteiger partial charge on any atom is 0.276 e. The lowest BCUT2D eigenvalue weighted by Crippen LogP contribution is -2.36. The Balaban J connectivity index is 4.02. The first-order valence-corrected chi connectivity index (χ1v) is 7.46. The van der Waals surface area contributed by atoms with Crippen LogP contribution in [-0.2, 0) is 4.79 Å². The van der Waals surface area contributed by atoms with Crippen LogP contribution in [0.15, 0.2) is 4.99 Å². The van der Waals surface area contributed by atoms with Gasteiger partial charge in [0.15, 0.2) is 5.04 Å². The highest BCUT2D eigenvalue weighted by atomic mass is 32.2. The molecule has 2 atom stereocenters. The summed E-state index contributed by atoms with van der Waals surface area (Å²) in [6, 6.07) is 0.215. The minimum absolute atomic E-state index is 0.0512. The van der Waals surface area contributed by atoms with Crippen LogP contribution in [0.25, 0.3) is 0 Å². The Bertz CT molecular complexity index is 264. The Morgan fingerprint density at radius 2 is 1.82 bits per heavy atom. The molecule has 0 aliphatic heterocycles. The van der Waals surface area contributed by atoms with E-state index in [1.165, 1.54) is 11.8 Å². The van der Waals surface area contributed by atoms with Gasteiger partial charge in [-0.05, 0) is 37.9 Å². The molecule has 0 fully saturated rings. The van der Waals surface area contributed by atoms with Crippen LogP contribution in [0.1, 0.15) is 40.5 Å². The van der Waals surface area contributed by atoms with E-state index >= 15 is 0 Å². The standard InChI is InChI=1S/C13H26N2OS/c1-9(2)10(3)7-8-11(4)15-12(16)13(14-5)17-6/h9-11H,7-8H2,1-6H3,(H,15,16). The largest absolute Gasteiger partial charge is 0.348 e. The van der Waals surface area contributed by atoms with E-state index < -0.39 is 0 Å². The molecule has 4 heteroatoms. The Morgan fingerprint density at radius 3 is 2.24 bits per heavy atom. The number of hydrogen-bond acceptors (Lipinski definition) is 3. The lowest BCUT2D eigenvalue weighted by Gasteiger charge is -2.19. The molecule has 100 valence electrons. The van der Waals surface area contributed by atoms with Gasteiger partial charge in [0.1, 0.15) is 0 Å². The molecule has 0 spiro atoms. The smallest absolute Gasteiger partial charge is 0.276 e. The number of carbonyl (C=O) groups excluding carboxylic acids is 1. The second-order valence-corrected chi connectivity index (χ2v) is 5.70. The van der Waals surface area contributed by atoms with Crippen LogP contribution in [-0.4, -0.2) is 30.3 Å². The summed E-state index contributed by atoms with van der Waals surface area (Å²) in [5.74, 6) is 1.36. The fourth-order valence-corrected chi connectivity index (χ4v) is 1.92. The van der Waals surface area contributed by atoms with E-state index in [1.807, 2.05) is 6.26 Å². The van der Waals surface area contributed by atoms with Gasteiger partial charge in [0.2, 0.25) is 0 Å². The second kappa shape index (κ2) is 8.56. The molecule has 0 radical (unpaired) electrons. The highest BCUT2D eigenvalue weighted by molar-refractivity contribution is 8.15. The van der Waals surface area contributed by atoms with E-state index in [2.05, 4.69) is 38.0 Å². The van der Waals surface area contributed by atoms with E-state index in [1.54, 1.807) is 7.05 Å². The van der Waals surface area contributed by atoms with Crippen LogP contribution < -0.4 is 5.32 Å². The lowest BCUT2D eigenvalue weighted by molar-refractivity contribution is -0.115. The van der Waals surface area contributed by atoms with Crippen LogP contribution in [0.5, 0.6) is 0 Å². The van der Waals surface area contributed by atoms with Crippen molar-refractivity contribution in [3.8, 4) is 0 Å². The Hall–Kier alpha value is -0.510. The SMILES string of the molecule is CN=C(SC)C(=O)NC(C)CCC(C)C(C)C. The molecule has 1 amide bonds. The number of thioether (sulfide) groups is 1. The summed E-state index contributed by atoms with van der Waals surface area (Å²) < 4.78 is 0. The molecule has 0 saturated heterocycles. The minimum Gasteiger partial charge on any atom is -0.348 e. The lowest BCUT2D eigenvalue weighted by atomic mass is 9.92. The third-order valence-electron chi connectivity index (χ3n) is 3.16. The monoisotopic (exact) mass is 258 g/mol. The second-order valence-electron chi connectivity index (χ2n) is 4.91.